The summed E-state index contributed by atoms with van der Waals surface area (Å²) in [7, 11) is 0. The number of ether oxygens (including phenoxy) is 1. The number of carbonyl (C=O) groups is 1. The highest BCUT2D eigenvalue weighted by molar-refractivity contribution is 6.30. The molecule has 0 amide bonds. The van der Waals surface area contributed by atoms with Crippen molar-refractivity contribution in [2.45, 2.75) is 13.3 Å². The summed E-state index contributed by atoms with van der Waals surface area (Å²) < 4.78 is 18.6. The number of rotatable bonds is 4. The van der Waals surface area contributed by atoms with E-state index in [2.05, 4.69) is 4.98 Å². The SMILES string of the molecule is CCC(=O)c1ccc(Oc2ccc(Cl)c(F)c2)cn1. The van der Waals surface area contributed by atoms with Gasteiger partial charge in [-0.25, -0.2) is 9.37 Å². The van der Waals surface area contributed by atoms with Crippen molar-refractivity contribution >= 4 is 17.4 Å². The average molecular weight is 280 g/mol. The van der Waals surface area contributed by atoms with Gasteiger partial charge in [-0.05, 0) is 24.3 Å². The van der Waals surface area contributed by atoms with E-state index >= 15 is 0 Å². The monoisotopic (exact) mass is 279 g/mol. The van der Waals surface area contributed by atoms with E-state index in [4.69, 9.17) is 16.3 Å². The lowest BCUT2D eigenvalue weighted by Gasteiger charge is -2.06. The van der Waals surface area contributed by atoms with Crippen molar-refractivity contribution in [2.24, 2.45) is 0 Å². The molecular weight excluding hydrogens is 269 g/mol. The van der Waals surface area contributed by atoms with Gasteiger partial charge in [0.25, 0.3) is 0 Å². The fraction of sp³-hybridized carbons (Fsp3) is 0.143. The minimum Gasteiger partial charge on any atom is -0.456 e. The van der Waals surface area contributed by atoms with Crippen LogP contribution in [0.4, 0.5) is 4.39 Å². The lowest BCUT2D eigenvalue weighted by atomic mass is 10.2. The molecule has 1 aromatic carbocycles. The van der Waals surface area contributed by atoms with Crippen LogP contribution in [0, 0.1) is 5.82 Å². The van der Waals surface area contributed by atoms with Crippen LogP contribution in [0.1, 0.15) is 23.8 Å². The Labute approximate surface area is 115 Å². The Morgan fingerprint density at radius 3 is 2.63 bits per heavy atom. The minimum atomic E-state index is -0.551. The van der Waals surface area contributed by atoms with Crippen LogP contribution in [0.2, 0.25) is 5.02 Å². The molecule has 0 saturated heterocycles. The van der Waals surface area contributed by atoms with Crippen LogP contribution < -0.4 is 4.74 Å². The highest BCUT2D eigenvalue weighted by atomic mass is 35.5. The zero-order valence-electron chi connectivity index (χ0n) is 10.2. The van der Waals surface area contributed by atoms with E-state index in [1.165, 1.54) is 18.3 Å². The van der Waals surface area contributed by atoms with Crippen LogP contribution in [0.15, 0.2) is 36.5 Å². The Balaban J connectivity index is 2.15. The smallest absolute Gasteiger partial charge is 0.180 e. The summed E-state index contributed by atoms with van der Waals surface area (Å²) in [5.41, 5.74) is 0.386. The zero-order chi connectivity index (χ0) is 13.8. The van der Waals surface area contributed by atoms with Gasteiger partial charge < -0.3 is 4.74 Å². The number of aromatic nitrogens is 1. The Hall–Kier alpha value is -1.94. The molecule has 0 radical (unpaired) electrons. The number of pyridine rings is 1. The first-order valence-corrected chi connectivity index (χ1v) is 6.10. The van der Waals surface area contributed by atoms with Gasteiger partial charge in [0, 0.05) is 12.5 Å². The highest BCUT2D eigenvalue weighted by Gasteiger charge is 2.06. The maximum Gasteiger partial charge on any atom is 0.180 e. The summed E-state index contributed by atoms with van der Waals surface area (Å²) in [5, 5.41) is 0.0364. The Morgan fingerprint density at radius 1 is 1.32 bits per heavy atom. The molecule has 0 N–H and O–H groups in total. The molecule has 2 rings (SSSR count). The van der Waals surface area contributed by atoms with Crippen molar-refractivity contribution in [3.8, 4) is 11.5 Å². The van der Waals surface area contributed by atoms with Gasteiger partial charge >= 0.3 is 0 Å². The second-order valence-corrected chi connectivity index (χ2v) is 4.24. The number of halogens is 2. The predicted octanol–water partition coefficient (Wildman–Crippen LogP) is 4.26. The predicted molar refractivity (Wildman–Crippen MR) is 70.3 cm³/mol. The molecule has 0 aliphatic heterocycles. The first-order valence-electron chi connectivity index (χ1n) is 5.72. The van der Waals surface area contributed by atoms with Gasteiger partial charge in [0.15, 0.2) is 5.78 Å². The van der Waals surface area contributed by atoms with Crippen LogP contribution in [0.25, 0.3) is 0 Å². The topological polar surface area (TPSA) is 39.2 Å². The third-order valence-electron chi connectivity index (χ3n) is 2.47. The van der Waals surface area contributed by atoms with E-state index in [1.807, 2.05) is 0 Å². The second kappa shape index (κ2) is 5.80. The minimum absolute atomic E-state index is 0.0364. The molecule has 1 heterocycles. The van der Waals surface area contributed by atoms with E-state index in [0.717, 1.165) is 0 Å². The van der Waals surface area contributed by atoms with Gasteiger partial charge in [0.05, 0.1) is 11.2 Å². The molecule has 19 heavy (non-hydrogen) atoms. The molecule has 0 spiro atoms. The number of Topliss-reactive ketones (excluding diaryl/α,β-unsaturated/α-hetero) is 1. The standard InChI is InChI=1S/C14H11ClFNO2/c1-2-14(18)13-6-4-10(8-17-13)19-9-3-5-11(15)12(16)7-9/h3-8H,2H2,1H3. The lowest BCUT2D eigenvalue weighted by molar-refractivity contribution is 0.0983. The zero-order valence-corrected chi connectivity index (χ0v) is 10.9. The molecule has 0 aliphatic rings. The molecule has 0 fully saturated rings. The molecular formula is C14H11ClFNO2. The van der Waals surface area contributed by atoms with Crippen LogP contribution in [0.5, 0.6) is 11.5 Å². The molecule has 0 atom stereocenters. The summed E-state index contributed by atoms with van der Waals surface area (Å²) in [6, 6.07) is 7.34. The van der Waals surface area contributed by atoms with Gasteiger partial charge in [-0.2, -0.15) is 0 Å². The fourth-order valence-corrected chi connectivity index (χ4v) is 1.58. The van der Waals surface area contributed by atoms with Gasteiger partial charge in [-0.3, -0.25) is 4.79 Å². The van der Waals surface area contributed by atoms with Crippen molar-refractivity contribution in [1.82, 2.24) is 4.98 Å². The van der Waals surface area contributed by atoms with E-state index in [0.29, 0.717) is 23.6 Å². The molecule has 3 nitrogen and oxygen atoms in total. The number of nitrogens with zero attached hydrogens (tertiary/aromatic N) is 1. The number of hydrogen-bond acceptors (Lipinski definition) is 3. The maximum atomic E-state index is 13.2. The van der Waals surface area contributed by atoms with Crippen molar-refractivity contribution < 1.29 is 13.9 Å². The third-order valence-corrected chi connectivity index (χ3v) is 2.78. The third kappa shape index (κ3) is 3.29. The summed E-state index contributed by atoms with van der Waals surface area (Å²) in [6.45, 7) is 1.77. The summed E-state index contributed by atoms with van der Waals surface area (Å²) in [6.07, 6.45) is 1.82. The summed E-state index contributed by atoms with van der Waals surface area (Å²) in [5.74, 6) is 0.154. The molecule has 0 aliphatic carbocycles. The van der Waals surface area contributed by atoms with Gasteiger partial charge in [0.1, 0.15) is 23.0 Å². The Bertz CT molecular complexity index is 599. The Kier molecular flexibility index (Phi) is 4.12. The van der Waals surface area contributed by atoms with Gasteiger partial charge in [0.2, 0.25) is 0 Å². The van der Waals surface area contributed by atoms with E-state index < -0.39 is 5.82 Å². The largest absolute Gasteiger partial charge is 0.456 e. The van der Waals surface area contributed by atoms with E-state index in [1.54, 1.807) is 25.1 Å². The summed E-state index contributed by atoms with van der Waals surface area (Å²) in [4.78, 5) is 15.4. The number of carbonyl (C=O) groups excluding carboxylic acids is 1. The van der Waals surface area contributed by atoms with Gasteiger partial charge in [-0.1, -0.05) is 18.5 Å². The molecule has 98 valence electrons. The average Bonchev–Trinajstić information content (AvgIpc) is 2.43. The van der Waals surface area contributed by atoms with Crippen molar-refractivity contribution in [2.75, 3.05) is 0 Å². The van der Waals surface area contributed by atoms with Crippen molar-refractivity contribution in [3.63, 3.8) is 0 Å². The molecule has 0 saturated carbocycles. The van der Waals surface area contributed by atoms with E-state index in [-0.39, 0.29) is 10.8 Å². The quantitative estimate of drug-likeness (QED) is 0.785. The highest BCUT2D eigenvalue weighted by Crippen LogP contribution is 2.25. The lowest BCUT2D eigenvalue weighted by Crippen LogP contribution is -1.99. The Morgan fingerprint density at radius 2 is 2.05 bits per heavy atom. The van der Waals surface area contributed by atoms with Gasteiger partial charge in [-0.15, -0.1) is 0 Å². The van der Waals surface area contributed by atoms with E-state index in [9.17, 15) is 9.18 Å². The summed E-state index contributed by atoms with van der Waals surface area (Å²) >= 11 is 5.57. The van der Waals surface area contributed by atoms with Crippen molar-refractivity contribution in [3.05, 3.63) is 53.1 Å². The molecule has 0 bridgehead atoms. The van der Waals surface area contributed by atoms with Crippen LogP contribution in [-0.4, -0.2) is 10.8 Å². The molecule has 0 unspecified atom stereocenters. The first-order chi connectivity index (χ1) is 9.10. The fourth-order valence-electron chi connectivity index (χ4n) is 1.46. The number of benzene rings is 1. The van der Waals surface area contributed by atoms with Crippen LogP contribution in [-0.2, 0) is 0 Å². The molecule has 5 heteroatoms. The van der Waals surface area contributed by atoms with Crippen LogP contribution in [0.3, 0.4) is 0 Å². The second-order valence-electron chi connectivity index (χ2n) is 3.83. The normalized spacial score (nSPS) is 10.3. The molecule has 1 aromatic heterocycles. The molecule has 2 aromatic rings. The first kappa shape index (κ1) is 13.5. The number of hydrogen-bond donors (Lipinski definition) is 0. The maximum absolute atomic E-state index is 13.2. The van der Waals surface area contributed by atoms with Crippen molar-refractivity contribution in [1.29, 1.82) is 0 Å². The van der Waals surface area contributed by atoms with Crippen LogP contribution >= 0.6 is 11.6 Å². The number of ketones is 1.